The maximum absolute atomic E-state index is 10.7. The summed E-state index contributed by atoms with van der Waals surface area (Å²) in [4.78, 5) is 14.8. The molecule has 0 aliphatic heterocycles. The Morgan fingerprint density at radius 3 is 2.43 bits per heavy atom. The number of benzene rings is 1. The molecule has 0 saturated heterocycles. The van der Waals surface area contributed by atoms with Crippen LogP contribution >= 0.6 is 11.8 Å². The lowest BCUT2D eigenvalue weighted by molar-refractivity contribution is -0.384. The molecular weight excluding hydrogens is 312 g/mol. The second-order valence-electron chi connectivity index (χ2n) is 5.14. The average molecular weight is 338 g/mol. The highest BCUT2D eigenvalue weighted by Gasteiger charge is 2.04. The number of rotatable bonds is 10. The third kappa shape index (κ3) is 8.44. The minimum Gasteiger partial charge on any atom is -0.356 e. The summed E-state index contributed by atoms with van der Waals surface area (Å²) in [7, 11) is 0. The van der Waals surface area contributed by atoms with Crippen LogP contribution in [0.4, 0.5) is 5.69 Å². The smallest absolute Gasteiger partial charge is 0.269 e. The van der Waals surface area contributed by atoms with Gasteiger partial charge in [0.15, 0.2) is 5.96 Å². The molecule has 0 aliphatic carbocycles. The Morgan fingerprint density at radius 2 is 1.87 bits per heavy atom. The number of nitrogens with zero attached hydrogens (tertiary/aromatic N) is 2. The van der Waals surface area contributed by atoms with E-state index in [1.54, 1.807) is 12.1 Å². The third-order valence-corrected chi connectivity index (χ3v) is 3.90. The molecule has 6 nitrogen and oxygen atoms in total. The van der Waals surface area contributed by atoms with Crippen LogP contribution in [0.5, 0.6) is 0 Å². The molecule has 0 spiro atoms. The van der Waals surface area contributed by atoms with Crippen LogP contribution in [0.15, 0.2) is 29.3 Å². The van der Waals surface area contributed by atoms with Crippen molar-refractivity contribution < 1.29 is 4.92 Å². The van der Waals surface area contributed by atoms with Crippen LogP contribution in [0.25, 0.3) is 0 Å². The summed E-state index contributed by atoms with van der Waals surface area (Å²) in [5, 5.41) is 17.3. The van der Waals surface area contributed by atoms with Gasteiger partial charge >= 0.3 is 0 Å². The molecule has 0 heterocycles. The van der Waals surface area contributed by atoms with Crippen LogP contribution in [0, 0.1) is 10.1 Å². The van der Waals surface area contributed by atoms with E-state index in [2.05, 4.69) is 28.8 Å². The van der Waals surface area contributed by atoms with Crippen molar-refractivity contribution in [3.05, 3.63) is 39.9 Å². The Kier molecular flexibility index (Phi) is 9.86. The zero-order valence-electron chi connectivity index (χ0n) is 13.9. The number of nitro groups is 1. The standard InChI is InChI=1S/C16H26N4O2S/c1-3-4-10-17-16(18-11-5-12-23-2)19-13-14-6-8-15(9-7-14)20(21)22/h6-9H,3-5,10-13H2,1-2H3,(H2,17,18,19). The summed E-state index contributed by atoms with van der Waals surface area (Å²) in [5.41, 5.74) is 1.06. The summed E-state index contributed by atoms with van der Waals surface area (Å²) < 4.78 is 0. The fraction of sp³-hybridized carbons (Fsp3) is 0.562. The summed E-state index contributed by atoms with van der Waals surface area (Å²) in [5.74, 6) is 1.93. The van der Waals surface area contributed by atoms with E-state index in [1.807, 2.05) is 11.8 Å². The molecule has 0 bridgehead atoms. The number of guanidine groups is 1. The molecule has 0 saturated carbocycles. The van der Waals surface area contributed by atoms with E-state index in [1.165, 1.54) is 12.1 Å². The van der Waals surface area contributed by atoms with Gasteiger partial charge in [-0.05, 0) is 30.4 Å². The molecule has 0 fully saturated rings. The SMILES string of the molecule is CCCCNC(=NCc1ccc([N+](=O)[O-])cc1)NCCCSC. The Bertz CT molecular complexity index is 491. The van der Waals surface area contributed by atoms with Gasteiger partial charge in [0, 0.05) is 25.2 Å². The molecule has 1 aromatic rings. The molecule has 2 N–H and O–H groups in total. The molecule has 0 aliphatic rings. The lowest BCUT2D eigenvalue weighted by Gasteiger charge is -2.12. The van der Waals surface area contributed by atoms with Crippen molar-refractivity contribution in [3.63, 3.8) is 0 Å². The quantitative estimate of drug-likeness (QED) is 0.225. The van der Waals surface area contributed by atoms with Crippen molar-refractivity contribution in [2.24, 2.45) is 4.99 Å². The van der Waals surface area contributed by atoms with Gasteiger partial charge in [0.1, 0.15) is 0 Å². The maximum atomic E-state index is 10.7. The van der Waals surface area contributed by atoms with Gasteiger partial charge in [0.25, 0.3) is 5.69 Å². The predicted octanol–water partition coefficient (Wildman–Crippen LogP) is 3.18. The number of unbranched alkanes of at least 4 members (excludes halogenated alkanes) is 1. The van der Waals surface area contributed by atoms with E-state index in [0.717, 1.165) is 49.6 Å². The predicted molar refractivity (Wildman–Crippen MR) is 98.1 cm³/mol. The molecule has 0 atom stereocenters. The third-order valence-electron chi connectivity index (χ3n) is 3.21. The van der Waals surface area contributed by atoms with Crippen molar-refractivity contribution in [2.45, 2.75) is 32.7 Å². The van der Waals surface area contributed by atoms with E-state index >= 15 is 0 Å². The van der Waals surface area contributed by atoms with Crippen LogP contribution in [-0.2, 0) is 6.54 Å². The first-order valence-corrected chi connectivity index (χ1v) is 9.31. The van der Waals surface area contributed by atoms with Crippen molar-refractivity contribution in [3.8, 4) is 0 Å². The summed E-state index contributed by atoms with van der Waals surface area (Å²) in [6.45, 7) is 4.44. The van der Waals surface area contributed by atoms with E-state index < -0.39 is 4.92 Å². The topological polar surface area (TPSA) is 79.6 Å². The highest BCUT2D eigenvalue weighted by molar-refractivity contribution is 7.98. The Morgan fingerprint density at radius 1 is 1.22 bits per heavy atom. The molecule has 0 radical (unpaired) electrons. The van der Waals surface area contributed by atoms with Gasteiger partial charge in [0.2, 0.25) is 0 Å². The minimum atomic E-state index is -0.391. The van der Waals surface area contributed by atoms with Crippen molar-refractivity contribution in [1.82, 2.24) is 10.6 Å². The molecule has 1 aromatic carbocycles. The number of hydrogen-bond donors (Lipinski definition) is 2. The molecule has 0 unspecified atom stereocenters. The number of thioether (sulfide) groups is 1. The van der Waals surface area contributed by atoms with E-state index in [-0.39, 0.29) is 5.69 Å². The van der Waals surface area contributed by atoms with Crippen LogP contribution in [0.3, 0.4) is 0 Å². The largest absolute Gasteiger partial charge is 0.356 e. The monoisotopic (exact) mass is 338 g/mol. The fourth-order valence-corrected chi connectivity index (χ4v) is 2.31. The van der Waals surface area contributed by atoms with Crippen LogP contribution in [0.2, 0.25) is 0 Å². The molecule has 0 amide bonds. The van der Waals surface area contributed by atoms with Crippen molar-refractivity contribution in [2.75, 3.05) is 25.1 Å². The van der Waals surface area contributed by atoms with Gasteiger partial charge in [-0.1, -0.05) is 25.5 Å². The second kappa shape index (κ2) is 11.8. The molecule has 23 heavy (non-hydrogen) atoms. The van der Waals surface area contributed by atoms with E-state index in [4.69, 9.17) is 0 Å². The number of aliphatic imine (C=N–C) groups is 1. The normalized spacial score (nSPS) is 11.3. The number of nitrogens with one attached hydrogen (secondary N) is 2. The lowest BCUT2D eigenvalue weighted by atomic mass is 10.2. The zero-order valence-corrected chi connectivity index (χ0v) is 14.7. The Hall–Kier alpha value is -1.76. The van der Waals surface area contributed by atoms with Gasteiger partial charge < -0.3 is 10.6 Å². The Labute approximate surface area is 142 Å². The fourth-order valence-electron chi connectivity index (χ4n) is 1.87. The molecule has 0 aromatic heterocycles. The van der Waals surface area contributed by atoms with Gasteiger partial charge in [-0.25, -0.2) is 4.99 Å². The van der Waals surface area contributed by atoms with E-state index in [9.17, 15) is 10.1 Å². The number of nitro benzene ring substituents is 1. The van der Waals surface area contributed by atoms with Gasteiger partial charge in [0.05, 0.1) is 11.5 Å². The summed E-state index contributed by atoms with van der Waals surface area (Å²) in [6.07, 6.45) is 5.43. The number of hydrogen-bond acceptors (Lipinski definition) is 4. The molecule has 1 rings (SSSR count). The minimum absolute atomic E-state index is 0.106. The van der Waals surface area contributed by atoms with Crippen molar-refractivity contribution >= 4 is 23.4 Å². The second-order valence-corrected chi connectivity index (χ2v) is 6.13. The average Bonchev–Trinajstić information content (AvgIpc) is 2.56. The van der Waals surface area contributed by atoms with Gasteiger partial charge in [-0.15, -0.1) is 0 Å². The van der Waals surface area contributed by atoms with Crippen LogP contribution < -0.4 is 10.6 Å². The lowest BCUT2D eigenvalue weighted by Crippen LogP contribution is -2.38. The molecule has 128 valence electrons. The highest BCUT2D eigenvalue weighted by Crippen LogP contribution is 2.12. The first-order valence-electron chi connectivity index (χ1n) is 7.91. The molecular formula is C16H26N4O2S. The van der Waals surface area contributed by atoms with Gasteiger partial charge in [-0.2, -0.15) is 11.8 Å². The van der Waals surface area contributed by atoms with Crippen LogP contribution in [-0.4, -0.2) is 36.0 Å². The maximum Gasteiger partial charge on any atom is 0.269 e. The van der Waals surface area contributed by atoms with Crippen LogP contribution in [0.1, 0.15) is 31.7 Å². The van der Waals surface area contributed by atoms with E-state index in [0.29, 0.717) is 6.54 Å². The Balaban J connectivity index is 2.56. The van der Waals surface area contributed by atoms with Crippen molar-refractivity contribution in [1.29, 1.82) is 0 Å². The first-order chi connectivity index (χ1) is 11.2. The number of non-ortho nitro benzene ring substituents is 1. The highest BCUT2D eigenvalue weighted by atomic mass is 32.2. The zero-order chi connectivity index (χ0) is 16.9. The van der Waals surface area contributed by atoms with Gasteiger partial charge in [-0.3, -0.25) is 10.1 Å². The first kappa shape index (κ1) is 19.3. The molecule has 7 heteroatoms. The summed E-state index contributed by atoms with van der Waals surface area (Å²) in [6, 6.07) is 6.53. The summed E-state index contributed by atoms with van der Waals surface area (Å²) >= 11 is 1.83.